The monoisotopic (exact) mass is 295 g/mol. The van der Waals surface area contributed by atoms with Crippen LogP contribution in [0.5, 0.6) is 0 Å². The number of piperidine rings is 1. The lowest BCUT2D eigenvalue weighted by Gasteiger charge is -2.39. The molecule has 0 bridgehead atoms. The quantitative estimate of drug-likeness (QED) is 0.760. The zero-order chi connectivity index (χ0) is 15.1. The summed E-state index contributed by atoms with van der Waals surface area (Å²) in [6, 6.07) is 6.63. The molecule has 21 heavy (non-hydrogen) atoms. The molecule has 0 unspecified atom stereocenters. The fraction of sp³-hybridized carbons (Fsp3) is 0.647. The minimum absolute atomic E-state index is 0.0608. The van der Waals surface area contributed by atoms with Crippen LogP contribution in [0.3, 0.4) is 0 Å². The van der Waals surface area contributed by atoms with Gasteiger partial charge in [0.1, 0.15) is 5.82 Å². The second kappa shape index (κ2) is 7.87. The third-order valence-corrected chi connectivity index (χ3v) is 4.47. The van der Waals surface area contributed by atoms with E-state index >= 15 is 0 Å². The van der Waals surface area contributed by atoms with Crippen molar-refractivity contribution in [3.05, 3.63) is 35.6 Å². The Morgan fingerprint density at radius 1 is 1.38 bits per heavy atom. The van der Waals surface area contributed by atoms with Gasteiger partial charge in [0.2, 0.25) is 0 Å². The van der Waals surface area contributed by atoms with Crippen LogP contribution in [-0.2, 0) is 10.3 Å². The summed E-state index contributed by atoms with van der Waals surface area (Å²) in [6.45, 7) is 2.40. The number of rotatable bonds is 7. The molecule has 3 nitrogen and oxygen atoms in total. The van der Waals surface area contributed by atoms with E-state index in [9.17, 15) is 9.50 Å². The van der Waals surface area contributed by atoms with E-state index in [4.69, 9.17) is 4.74 Å². The van der Waals surface area contributed by atoms with Crippen molar-refractivity contribution in [2.75, 3.05) is 26.8 Å². The Bertz CT molecular complexity index is 435. The van der Waals surface area contributed by atoms with Crippen LogP contribution in [0.1, 0.15) is 37.7 Å². The highest BCUT2D eigenvalue weighted by atomic mass is 19.1. The van der Waals surface area contributed by atoms with E-state index < -0.39 is 5.60 Å². The molecule has 2 atom stereocenters. The Morgan fingerprint density at radius 3 is 2.86 bits per heavy atom. The molecule has 1 aliphatic heterocycles. The average Bonchev–Trinajstić information content (AvgIpc) is 2.53. The Morgan fingerprint density at radius 2 is 2.19 bits per heavy atom. The number of hydrogen-bond donors (Lipinski definition) is 2. The molecule has 2 rings (SSSR count). The predicted octanol–water partition coefficient (Wildman–Crippen LogP) is 2.83. The molecule has 1 heterocycles. The van der Waals surface area contributed by atoms with Crippen LogP contribution in [0.25, 0.3) is 0 Å². The summed E-state index contributed by atoms with van der Waals surface area (Å²) in [5, 5.41) is 14.6. The van der Waals surface area contributed by atoms with Gasteiger partial charge in [-0.2, -0.15) is 0 Å². The summed E-state index contributed by atoms with van der Waals surface area (Å²) in [5.74, 6) is -0.247. The number of nitrogens with one attached hydrogen (secondary N) is 1. The largest absolute Gasteiger partial charge is 0.385 e. The van der Waals surface area contributed by atoms with E-state index in [1.807, 2.05) is 0 Å². The summed E-state index contributed by atoms with van der Waals surface area (Å²) in [5.41, 5.74) is -0.650. The fourth-order valence-corrected chi connectivity index (χ4v) is 3.27. The van der Waals surface area contributed by atoms with Crippen LogP contribution < -0.4 is 5.32 Å². The molecule has 0 spiro atoms. The Kier molecular flexibility index (Phi) is 6.15. The van der Waals surface area contributed by atoms with Crippen molar-refractivity contribution < 1.29 is 14.2 Å². The second-order valence-corrected chi connectivity index (χ2v) is 5.90. The molecular weight excluding hydrogens is 269 g/mol. The van der Waals surface area contributed by atoms with Gasteiger partial charge in [-0.3, -0.25) is 0 Å². The molecule has 1 fully saturated rings. The van der Waals surface area contributed by atoms with Crippen molar-refractivity contribution in [1.29, 1.82) is 0 Å². The smallest absolute Gasteiger partial charge is 0.129 e. The highest BCUT2D eigenvalue weighted by Gasteiger charge is 2.40. The van der Waals surface area contributed by atoms with Gasteiger partial charge in [0.05, 0.1) is 5.60 Å². The van der Waals surface area contributed by atoms with Crippen LogP contribution in [0.15, 0.2) is 24.3 Å². The van der Waals surface area contributed by atoms with Crippen LogP contribution in [-0.4, -0.2) is 31.9 Å². The average molecular weight is 295 g/mol. The van der Waals surface area contributed by atoms with Gasteiger partial charge < -0.3 is 15.2 Å². The molecule has 118 valence electrons. The standard InChI is InChI=1S/C17H26FNO2/c1-21-12-5-4-10-17(20,14-7-6-11-19-13-14)15-8-2-3-9-16(15)18/h2-3,8-9,14,19-20H,4-7,10-13H2,1H3/t14-,17+/m1/s1. The highest BCUT2D eigenvalue weighted by molar-refractivity contribution is 5.25. The first-order valence-electron chi connectivity index (χ1n) is 7.85. The SMILES string of the molecule is COCCCC[C@@](O)(c1ccccc1F)[C@@H]1CCCNC1. The minimum atomic E-state index is -1.09. The van der Waals surface area contributed by atoms with Gasteiger partial charge in [-0.1, -0.05) is 18.2 Å². The molecule has 1 aliphatic rings. The van der Waals surface area contributed by atoms with Crippen molar-refractivity contribution in [3.8, 4) is 0 Å². The van der Waals surface area contributed by atoms with Crippen molar-refractivity contribution >= 4 is 0 Å². The lowest BCUT2D eigenvalue weighted by atomic mass is 9.74. The molecule has 1 aromatic rings. The number of unbranched alkanes of at least 4 members (excludes halogenated alkanes) is 1. The normalized spacial score (nSPS) is 22.0. The molecular formula is C17H26FNO2. The summed E-state index contributed by atoms with van der Waals surface area (Å²) in [4.78, 5) is 0. The third-order valence-electron chi connectivity index (χ3n) is 4.47. The fourth-order valence-electron chi connectivity index (χ4n) is 3.27. The summed E-state index contributed by atoms with van der Waals surface area (Å²) in [7, 11) is 1.67. The number of benzene rings is 1. The third kappa shape index (κ3) is 4.02. The minimum Gasteiger partial charge on any atom is -0.385 e. The van der Waals surface area contributed by atoms with E-state index in [1.165, 1.54) is 6.07 Å². The molecule has 1 saturated heterocycles. The van der Waals surface area contributed by atoms with Crippen molar-refractivity contribution in [3.63, 3.8) is 0 Å². The van der Waals surface area contributed by atoms with E-state index in [0.717, 1.165) is 38.8 Å². The van der Waals surface area contributed by atoms with Gasteiger partial charge in [-0.25, -0.2) is 4.39 Å². The summed E-state index contributed by atoms with van der Waals surface area (Å²) < 4.78 is 19.3. The zero-order valence-corrected chi connectivity index (χ0v) is 12.8. The highest BCUT2D eigenvalue weighted by Crippen LogP contribution is 2.39. The maximum Gasteiger partial charge on any atom is 0.129 e. The first-order valence-corrected chi connectivity index (χ1v) is 7.85. The number of methoxy groups -OCH3 is 1. The second-order valence-electron chi connectivity index (χ2n) is 5.90. The number of ether oxygens (including phenoxy) is 1. The topological polar surface area (TPSA) is 41.5 Å². The number of halogens is 1. The molecule has 0 radical (unpaired) electrons. The van der Waals surface area contributed by atoms with Crippen LogP contribution in [0, 0.1) is 11.7 Å². The van der Waals surface area contributed by atoms with Gasteiger partial charge in [0.25, 0.3) is 0 Å². The van der Waals surface area contributed by atoms with E-state index in [2.05, 4.69) is 5.32 Å². The van der Waals surface area contributed by atoms with Crippen molar-refractivity contribution in [2.45, 2.75) is 37.7 Å². The molecule has 4 heteroatoms. The lowest BCUT2D eigenvalue weighted by Crippen LogP contribution is -2.44. The molecule has 0 aromatic heterocycles. The van der Waals surface area contributed by atoms with E-state index in [1.54, 1.807) is 25.3 Å². The maximum absolute atomic E-state index is 14.2. The van der Waals surface area contributed by atoms with Gasteiger partial charge in [-0.05, 0) is 44.7 Å². The number of hydrogen-bond acceptors (Lipinski definition) is 3. The van der Waals surface area contributed by atoms with Gasteiger partial charge in [0.15, 0.2) is 0 Å². The molecule has 1 aromatic carbocycles. The molecule has 0 saturated carbocycles. The van der Waals surface area contributed by atoms with Crippen LogP contribution in [0.2, 0.25) is 0 Å². The zero-order valence-electron chi connectivity index (χ0n) is 12.8. The molecule has 2 N–H and O–H groups in total. The Balaban J connectivity index is 2.18. The molecule has 0 amide bonds. The first kappa shape index (κ1) is 16.4. The molecule has 0 aliphatic carbocycles. The van der Waals surface area contributed by atoms with E-state index in [0.29, 0.717) is 18.6 Å². The van der Waals surface area contributed by atoms with Gasteiger partial charge in [0, 0.05) is 31.7 Å². The van der Waals surface area contributed by atoms with E-state index in [-0.39, 0.29) is 11.7 Å². The van der Waals surface area contributed by atoms with Crippen molar-refractivity contribution in [1.82, 2.24) is 5.32 Å². The first-order chi connectivity index (χ1) is 10.2. The lowest BCUT2D eigenvalue weighted by molar-refractivity contribution is -0.0460. The maximum atomic E-state index is 14.2. The van der Waals surface area contributed by atoms with Crippen LogP contribution >= 0.6 is 0 Å². The summed E-state index contributed by atoms with van der Waals surface area (Å²) >= 11 is 0. The predicted molar refractivity (Wildman–Crippen MR) is 81.6 cm³/mol. The Hall–Kier alpha value is -0.970. The van der Waals surface area contributed by atoms with Gasteiger partial charge in [-0.15, -0.1) is 0 Å². The van der Waals surface area contributed by atoms with Crippen LogP contribution in [0.4, 0.5) is 4.39 Å². The Labute approximate surface area is 126 Å². The summed E-state index contributed by atoms with van der Waals surface area (Å²) in [6.07, 6.45) is 4.24. The van der Waals surface area contributed by atoms with Gasteiger partial charge >= 0.3 is 0 Å². The van der Waals surface area contributed by atoms with Crippen molar-refractivity contribution in [2.24, 2.45) is 5.92 Å². The number of aliphatic hydroxyl groups is 1.